The van der Waals surface area contributed by atoms with Crippen LogP contribution < -0.4 is 15.0 Å². The van der Waals surface area contributed by atoms with E-state index in [0.29, 0.717) is 29.0 Å². The van der Waals surface area contributed by atoms with Crippen LogP contribution in [0, 0.1) is 5.82 Å². The van der Waals surface area contributed by atoms with Gasteiger partial charge in [-0.05, 0) is 76.2 Å². The third kappa shape index (κ3) is 4.41. The lowest BCUT2D eigenvalue weighted by atomic mass is 9.99. The number of aryl methyl sites for hydroxylation is 1. The van der Waals surface area contributed by atoms with Crippen molar-refractivity contribution in [3.05, 3.63) is 41.3 Å². The predicted molar refractivity (Wildman–Crippen MR) is 140 cm³/mol. The second kappa shape index (κ2) is 9.90. The summed E-state index contributed by atoms with van der Waals surface area (Å²) >= 11 is 0. The summed E-state index contributed by atoms with van der Waals surface area (Å²) in [5.41, 5.74) is 4.04. The van der Waals surface area contributed by atoms with Gasteiger partial charge in [-0.1, -0.05) is 18.2 Å². The molecule has 2 unspecified atom stereocenters. The first kappa shape index (κ1) is 23.6. The zero-order chi connectivity index (χ0) is 24.6. The number of fused-ring (bicyclic) bond motifs is 4. The highest BCUT2D eigenvalue weighted by molar-refractivity contribution is 5.92. The standard InChI is InChI=1S/C23H24FN5O.C5H11N/c1-30-23-27-21-18(22(28-23)29-11-14-8-9-15(12-29)26-14)10-25-20(19(21)24)17-7-3-5-13-4-2-6-16(13)17;1-6-4-2-3-5-6/h3,5,7,10,14-15,26H,2,4,6,8-9,11-12H2,1H3;2-5H2,1H3. The maximum absolute atomic E-state index is 15.8. The van der Waals surface area contributed by atoms with Gasteiger partial charge in [0.2, 0.25) is 0 Å². The monoisotopic (exact) mass is 490 g/mol. The summed E-state index contributed by atoms with van der Waals surface area (Å²) < 4.78 is 21.2. The van der Waals surface area contributed by atoms with Gasteiger partial charge in [0, 0.05) is 36.9 Å². The van der Waals surface area contributed by atoms with Gasteiger partial charge < -0.3 is 19.9 Å². The van der Waals surface area contributed by atoms with Crippen molar-refractivity contribution in [3.8, 4) is 17.3 Å². The number of hydrogen-bond acceptors (Lipinski definition) is 7. The molecule has 36 heavy (non-hydrogen) atoms. The van der Waals surface area contributed by atoms with Gasteiger partial charge in [-0.15, -0.1) is 0 Å². The highest BCUT2D eigenvalue weighted by Gasteiger charge is 2.34. The van der Waals surface area contributed by atoms with Crippen LogP contribution in [0.15, 0.2) is 24.4 Å². The fourth-order valence-electron chi connectivity index (χ4n) is 6.23. The fraction of sp³-hybridized carbons (Fsp3) is 0.536. The molecule has 7 rings (SSSR count). The van der Waals surface area contributed by atoms with Crippen molar-refractivity contribution in [2.75, 3.05) is 45.2 Å². The molecule has 3 fully saturated rings. The van der Waals surface area contributed by atoms with Crippen LogP contribution >= 0.6 is 0 Å². The number of hydrogen-bond donors (Lipinski definition) is 1. The van der Waals surface area contributed by atoms with Gasteiger partial charge in [-0.25, -0.2) is 4.39 Å². The summed E-state index contributed by atoms with van der Waals surface area (Å²) in [5.74, 6) is 0.319. The molecule has 0 amide bonds. The van der Waals surface area contributed by atoms with E-state index >= 15 is 4.39 Å². The number of rotatable bonds is 3. The summed E-state index contributed by atoms with van der Waals surface area (Å²) in [4.78, 5) is 18.2. The third-order valence-corrected chi connectivity index (χ3v) is 8.07. The van der Waals surface area contributed by atoms with Crippen molar-refractivity contribution < 1.29 is 9.13 Å². The summed E-state index contributed by atoms with van der Waals surface area (Å²) in [6.07, 6.45) is 10.0. The van der Waals surface area contributed by atoms with Crippen LogP contribution in [-0.2, 0) is 12.8 Å². The highest BCUT2D eigenvalue weighted by Crippen LogP contribution is 2.37. The van der Waals surface area contributed by atoms with E-state index in [-0.39, 0.29) is 11.5 Å². The van der Waals surface area contributed by atoms with E-state index in [2.05, 4.69) is 43.2 Å². The number of piperazine rings is 1. The highest BCUT2D eigenvalue weighted by atomic mass is 19.1. The van der Waals surface area contributed by atoms with Crippen LogP contribution in [0.2, 0.25) is 0 Å². The summed E-state index contributed by atoms with van der Waals surface area (Å²) in [7, 11) is 3.70. The first-order valence-electron chi connectivity index (χ1n) is 13.3. The largest absolute Gasteiger partial charge is 0.467 e. The Morgan fingerprint density at radius 3 is 2.50 bits per heavy atom. The van der Waals surface area contributed by atoms with Crippen LogP contribution in [-0.4, -0.2) is 72.3 Å². The second-order valence-electron chi connectivity index (χ2n) is 10.6. The van der Waals surface area contributed by atoms with E-state index in [4.69, 9.17) is 4.74 Å². The summed E-state index contributed by atoms with van der Waals surface area (Å²) in [5, 5.41) is 4.27. The van der Waals surface area contributed by atoms with E-state index in [0.717, 1.165) is 50.8 Å². The van der Waals surface area contributed by atoms with Crippen molar-refractivity contribution >= 4 is 16.7 Å². The Bertz CT molecular complexity index is 1250. The van der Waals surface area contributed by atoms with Crippen LogP contribution in [0.1, 0.15) is 43.2 Å². The Balaban J connectivity index is 0.000000353. The van der Waals surface area contributed by atoms with Crippen LogP contribution in [0.3, 0.4) is 0 Å². The topological polar surface area (TPSA) is 66.4 Å². The van der Waals surface area contributed by atoms with Crippen molar-refractivity contribution in [3.63, 3.8) is 0 Å². The number of halogens is 1. The molecule has 5 heterocycles. The van der Waals surface area contributed by atoms with Crippen LogP contribution in [0.5, 0.6) is 6.01 Å². The number of ether oxygens (including phenoxy) is 1. The lowest BCUT2D eigenvalue weighted by Gasteiger charge is -2.34. The Kier molecular flexibility index (Phi) is 6.48. The van der Waals surface area contributed by atoms with Crippen molar-refractivity contribution in [2.24, 2.45) is 0 Å². The van der Waals surface area contributed by atoms with E-state index in [1.807, 2.05) is 12.1 Å². The predicted octanol–water partition coefficient (Wildman–Crippen LogP) is 3.98. The van der Waals surface area contributed by atoms with Crippen molar-refractivity contribution in [1.29, 1.82) is 0 Å². The lowest BCUT2D eigenvalue weighted by Crippen LogP contribution is -2.51. The molecule has 3 saturated heterocycles. The molecular weight excluding hydrogens is 455 g/mol. The van der Waals surface area contributed by atoms with E-state index in [1.54, 1.807) is 6.20 Å². The molecule has 1 aliphatic carbocycles. The first-order chi connectivity index (χ1) is 17.6. The second-order valence-corrected chi connectivity index (χ2v) is 10.6. The summed E-state index contributed by atoms with van der Waals surface area (Å²) in [6.45, 7) is 4.34. The molecule has 8 heteroatoms. The molecule has 2 bridgehead atoms. The molecular formula is C28H35FN6O. The van der Waals surface area contributed by atoms with E-state index < -0.39 is 5.82 Å². The number of nitrogens with zero attached hydrogens (tertiary/aromatic N) is 5. The molecule has 0 radical (unpaired) electrons. The molecule has 1 N–H and O–H groups in total. The third-order valence-electron chi connectivity index (χ3n) is 8.07. The SMILES string of the molecule is CN1CCCC1.COc1nc(N2CC3CCC(C2)N3)c2cnc(-c3cccc4c3CCC4)c(F)c2n1. The molecule has 1 aromatic carbocycles. The van der Waals surface area contributed by atoms with Crippen molar-refractivity contribution in [1.82, 2.24) is 25.2 Å². The molecule has 0 saturated carbocycles. The zero-order valence-electron chi connectivity index (χ0n) is 21.3. The minimum Gasteiger partial charge on any atom is -0.467 e. The quantitative estimate of drug-likeness (QED) is 0.596. The van der Waals surface area contributed by atoms with Gasteiger partial charge in [0.1, 0.15) is 17.0 Å². The number of benzene rings is 1. The number of nitrogens with one attached hydrogen (secondary N) is 1. The minimum atomic E-state index is -0.396. The number of methoxy groups -OCH3 is 1. The molecule has 7 nitrogen and oxygen atoms in total. The van der Waals surface area contributed by atoms with Gasteiger partial charge in [-0.2, -0.15) is 9.97 Å². The molecule has 4 aliphatic rings. The first-order valence-corrected chi connectivity index (χ1v) is 13.3. The Morgan fingerprint density at radius 1 is 1.03 bits per heavy atom. The number of likely N-dealkylation sites (tertiary alicyclic amines) is 1. The maximum atomic E-state index is 15.8. The van der Waals surface area contributed by atoms with E-state index in [9.17, 15) is 0 Å². The number of aromatic nitrogens is 3. The van der Waals surface area contributed by atoms with Crippen molar-refractivity contribution in [2.45, 2.75) is 57.0 Å². The minimum absolute atomic E-state index is 0.192. The Labute approximate surface area is 212 Å². The maximum Gasteiger partial charge on any atom is 0.318 e. The van der Waals surface area contributed by atoms with Crippen LogP contribution in [0.4, 0.5) is 10.2 Å². The van der Waals surface area contributed by atoms with Gasteiger partial charge in [0.15, 0.2) is 5.82 Å². The normalized spacial score (nSPS) is 23.0. The lowest BCUT2D eigenvalue weighted by molar-refractivity contribution is 0.380. The van der Waals surface area contributed by atoms with Gasteiger partial charge in [0.05, 0.1) is 12.5 Å². The summed E-state index contributed by atoms with van der Waals surface area (Å²) in [6, 6.07) is 7.18. The Morgan fingerprint density at radius 2 is 1.81 bits per heavy atom. The smallest absolute Gasteiger partial charge is 0.318 e. The van der Waals surface area contributed by atoms with E-state index in [1.165, 1.54) is 44.2 Å². The Hall–Kier alpha value is -2.84. The molecule has 190 valence electrons. The van der Waals surface area contributed by atoms with Gasteiger partial charge >= 0.3 is 6.01 Å². The number of pyridine rings is 1. The van der Waals surface area contributed by atoms with Gasteiger partial charge in [0.25, 0.3) is 0 Å². The van der Waals surface area contributed by atoms with Crippen LogP contribution in [0.25, 0.3) is 22.2 Å². The molecule has 2 aromatic heterocycles. The molecule has 3 aromatic rings. The molecule has 3 aliphatic heterocycles. The van der Waals surface area contributed by atoms with Gasteiger partial charge in [-0.3, -0.25) is 4.98 Å². The fourth-order valence-corrected chi connectivity index (χ4v) is 6.23. The average Bonchev–Trinajstić information content (AvgIpc) is 3.65. The molecule has 2 atom stereocenters. The zero-order valence-corrected chi connectivity index (χ0v) is 21.3. The average molecular weight is 491 g/mol. The molecule has 0 spiro atoms. The number of anilines is 1.